The molecule has 0 radical (unpaired) electrons. The summed E-state index contributed by atoms with van der Waals surface area (Å²) < 4.78 is 119. The lowest BCUT2D eigenvalue weighted by atomic mass is 10.6. The second kappa shape index (κ2) is 6.19. The van der Waals surface area contributed by atoms with Crippen LogP contribution in [0.4, 0.5) is 26.3 Å². The van der Waals surface area contributed by atoms with Crippen molar-refractivity contribution in [2.75, 3.05) is 27.2 Å². The monoisotopic (exact) mass is 380 g/mol. The molecule has 0 N–H and O–H groups in total. The van der Waals surface area contributed by atoms with E-state index in [1.54, 1.807) is 0 Å². The minimum atomic E-state index is -6.09. The van der Waals surface area contributed by atoms with Crippen LogP contribution in [0.3, 0.4) is 0 Å². The minimum Gasteiger partial charge on any atom is -0.741 e. The molecule has 0 fully saturated rings. The SMILES string of the molecule is CN1CC[N+](C)=C1S(=O)(=O)C(F)(F)F.O=S(=O)([O-])C(F)(F)F. The first kappa shape index (κ1) is 20.9. The Morgan fingerprint density at radius 1 is 1.05 bits per heavy atom. The van der Waals surface area contributed by atoms with Crippen LogP contribution in [-0.4, -0.2) is 74.2 Å². The first-order valence-electron chi connectivity index (χ1n) is 5.05. The summed E-state index contributed by atoms with van der Waals surface area (Å²) in [5, 5.41) is -0.676. The van der Waals surface area contributed by atoms with Crippen molar-refractivity contribution in [3.63, 3.8) is 0 Å². The molecule has 22 heavy (non-hydrogen) atoms. The third kappa shape index (κ3) is 4.70. The second-order valence-electron chi connectivity index (χ2n) is 3.97. The Morgan fingerprint density at radius 2 is 1.41 bits per heavy atom. The van der Waals surface area contributed by atoms with Crippen LogP contribution in [0.25, 0.3) is 0 Å². The van der Waals surface area contributed by atoms with Gasteiger partial charge in [-0.3, -0.25) is 9.48 Å². The van der Waals surface area contributed by atoms with Crippen LogP contribution >= 0.6 is 0 Å². The molecule has 0 aromatic carbocycles. The summed E-state index contributed by atoms with van der Waals surface area (Å²) in [6, 6.07) is 0. The van der Waals surface area contributed by atoms with E-state index in [-0.39, 0.29) is 13.1 Å². The number of nitrogens with zero attached hydrogens (tertiary/aromatic N) is 2. The van der Waals surface area contributed by atoms with Crippen molar-refractivity contribution in [3.8, 4) is 0 Å². The van der Waals surface area contributed by atoms with Gasteiger partial charge in [0.2, 0.25) is 0 Å². The molecule has 1 heterocycles. The fourth-order valence-corrected chi connectivity index (χ4v) is 2.51. The highest BCUT2D eigenvalue weighted by atomic mass is 32.2. The van der Waals surface area contributed by atoms with Crippen molar-refractivity contribution in [2.45, 2.75) is 11.0 Å². The van der Waals surface area contributed by atoms with Crippen molar-refractivity contribution in [2.24, 2.45) is 0 Å². The molecule has 0 saturated carbocycles. The maximum absolute atomic E-state index is 12.2. The van der Waals surface area contributed by atoms with Gasteiger partial charge in [-0.25, -0.2) is 16.8 Å². The van der Waals surface area contributed by atoms with E-state index in [1.807, 2.05) is 0 Å². The molecule has 0 aliphatic carbocycles. The van der Waals surface area contributed by atoms with Crippen LogP contribution in [0.1, 0.15) is 0 Å². The molecule has 0 saturated heterocycles. The highest BCUT2D eigenvalue weighted by molar-refractivity contribution is 8.06. The predicted molar refractivity (Wildman–Crippen MR) is 59.4 cm³/mol. The predicted octanol–water partition coefficient (Wildman–Crippen LogP) is -0.0839. The summed E-state index contributed by atoms with van der Waals surface area (Å²) in [4.78, 5) is 1.09. The van der Waals surface area contributed by atoms with Crippen molar-refractivity contribution in [1.82, 2.24) is 4.90 Å². The zero-order valence-corrected chi connectivity index (χ0v) is 12.6. The van der Waals surface area contributed by atoms with E-state index in [4.69, 9.17) is 13.0 Å². The van der Waals surface area contributed by atoms with Gasteiger partial charge < -0.3 is 4.55 Å². The van der Waals surface area contributed by atoms with Gasteiger partial charge in [-0.1, -0.05) is 0 Å². The van der Waals surface area contributed by atoms with Gasteiger partial charge in [-0.15, -0.1) is 0 Å². The molecule has 132 valence electrons. The third-order valence-corrected chi connectivity index (χ3v) is 4.53. The van der Waals surface area contributed by atoms with Crippen LogP contribution < -0.4 is 0 Å². The Balaban J connectivity index is 0.000000472. The molecular formula is C7H10F6N2O5S2. The second-order valence-corrected chi connectivity index (χ2v) is 7.18. The van der Waals surface area contributed by atoms with E-state index in [2.05, 4.69) is 0 Å². The quantitative estimate of drug-likeness (QED) is 0.252. The average molecular weight is 380 g/mol. The van der Waals surface area contributed by atoms with Gasteiger partial charge in [0.05, 0.1) is 14.1 Å². The Hall–Kier alpha value is -1.09. The van der Waals surface area contributed by atoms with Crippen LogP contribution in [0.5, 0.6) is 0 Å². The highest BCUT2D eigenvalue weighted by Gasteiger charge is 2.56. The minimum absolute atomic E-state index is 0.279. The summed E-state index contributed by atoms with van der Waals surface area (Å²) in [6.07, 6.45) is 0. The maximum atomic E-state index is 12.2. The van der Waals surface area contributed by atoms with Crippen molar-refractivity contribution < 1.29 is 52.3 Å². The van der Waals surface area contributed by atoms with Gasteiger partial charge in [0, 0.05) is 0 Å². The molecule has 1 aliphatic rings. The first-order valence-corrected chi connectivity index (χ1v) is 7.95. The highest BCUT2D eigenvalue weighted by Crippen LogP contribution is 2.26. The molecule has 0 bridgehead atoms. The standard InChI is InChI=1S/C6H10F3N2O2S.CHF3O3S/c1-10-3-4-11(2)5(10)14(12,13)6(7,8)9;2-1(3,4)8(5,6)7/h3-4H2,1-2H3;(H,5,6,7)/q+1;/p-1. The number of hydrogen-bond donors (Lipinski definition) is 0. The smallest absolute Gasteiger partial charge is 0.509 e. The van der Waals surface area contributed by atoms with Crippen molar-refractivity contribution in [1.29, 1.82) is 0 Å². The van der Waals surface area contributed by atoms with Gasteiger partial charge in [0.15, 0.2) is 10.1 Å². The molecule has 0 aromatic heterocycles. The summed E-state index contributed by atoms with van der Waals surface area (Å²) >= 11 is 0. The maximum Gasteiger partial charge on any atom is 0.509 e. The van der Waals surface area contributed by atoms with Gasteiger partial charge in [-0.2, -0.15) is 26.3 Å². The molecule has 1 rings (SSSR count). The van der Waals surface area contributed by atoms with E-state index in [9.17, 15) is 34.8 Å². The van der Waals surface area contributed by atoms with E-state index >= 15 is 0 Å². The number of alkyl halides is 6. The molecule has 0 unspecified atom stereocenters. The lowest BCUT2D eigenvalue weighted by Crippen LogP contribution is -2.40. The molecule has 0 aromatic rings. The van der Waals surface area contributed by atoms with Gasteiger partial charge in [-0.05, 0) is 0 Å². The van der Waals surface area contributed by atoms with Crippen LogP contribution in [0.15, 0.2) is 0 Å². The summed E-state index contributed by atoms with van der Waals surface area (Å²) in [5.41, 5.74) is -10.9. The lowest BCUT2D eigenvalue weighted by Gasteiger charge is -2.09. The Bertz CT molecular complexity index is 648. The van der Waals surface area contributed by atoms with Crippen molar-refractivity contribution >= 4 is 25.1 Å². The van der Waals surface area contributed by atoms with Crippen LogP contribution in [0, 0.1) is 0 Å². The van der Waals surface area contributed by atoms with Crippen molar-refractivity contribution in [3.05, 3.63) is 0 Å². The number of rotatable bonds is 0. The summed E-state index contributed by atoms with van der Waals surface area (Å²) in [5.74, 6) is 0. The fourth-order valence-electron chi connectivity index (χ4n) is 1.30. The normalized spacial score (nSPS) is 17.4. The largest absolute Gasteiger partial charge is 0.741 e. The summed E-state index contributed by atoms with van der Waals surface area (Å²) in [6.45, 7) is 0.558. The molecule has 1 aliphatic heterocycles. The number of hydrogen-bond acceptors (Lipinski definition) is 6. The van der Waals surface area contributed by atoms with Crippen LogP contribution in [-0.2, 0) is 20.0 Å². The average Bonchev–Trinajstić information content (AvgIpc) is 2.54. The molecule has 0 atom stereocenters. The Kier molecular flexibility index (Phi) is 5.88. The van der Waals surface area contributed by atoms with E-state index in [0.29, 0.717) is 0 Å². The molecule has 7 nitrogen and oxygen atoms in total. The fraction of sp³-hybridized carbons (Fsp3) is 0.857. The van der Waals surface area contributed by atoms with Gasteiger partial charge in [0.1, 0.15) is 13.1 Å². The van der Waals surface area contributed by atoms with Crippen LogP contribution in [0.2, 0.25) is 0 Å². The van der Waals surface area contributed by atoms with E-state index in [0.717, 1.165) is 9.48 Å². The van der Waals surface area contributed by atoms with E-state index < -0.39 is 36.1 Å². The number of amidine groups is 1. The molecule has 0 spiro atoms. The number of likely N-dealkylation sites (N-methyl/N-ethyl adjacent to an activating group) is 2. The molecule has 0 amide bonds. The first-order chi connectivity index (χ1) is 9.43. The van der Waals surface area contributed by atoms with Gasteiger partial charge >= 0.3 is 26.0 Å². The lowest BCUT2D eigenvalue weighted by molar-refractivity contribution is -0.484. The third-order valence-electron chi connectivity index (χ3n) is 2.25. The number of halogens is 6. The Morgan fingerprint density at radius 3 is 1.59 bits per heavy atom. The topological polar surface area (TPSA) is 97.6 Å². The molecule has 15 heteroatoms. The zero-order chi connectivity index (χ0) is 18.1. The van der Waals surface area contributed by atoms with E-state index in [1.165, 1.54) is 14.1 Å². The Labute approximate surface area is 121 Å². The molecular weight excluding hydrogens is 370 g/mol. The number of sulfone groups is 1. The zero-order valence-electron chi connectivity index (χ0n) is 10.9. The van der Waals surface area contributed by atoms with Gasteiger partial charge in [0.25, 0.3) is 0 Å². The summed E-state index contributed by atoms with van der Waals surface area (Å²) in [7, 11) is -8.65.